The van der Waals surface area contributed by atoms with Gasteiger partial charge in [0.1, 0.15) is 12.7 Å². The third-order valence-electron chi connectivity index (χ3n) is 4.86. The van der Waals surface area contributed by atoms with E-state index < -0.39 is 60.6 Å². The van der Waals surface area contributed by atoms with Crippen LogP contribution in [-0.2, 0) is 52.4 Å². The number of hydrogen-bond donors (Lipinski definition) is 0. The minimum atomic E-state index is -1.48. The fourth-order valence-corrected chi connectivity index (χ4v) is 3.69. The highest BCUT2D eigenvalue weighted by Gasteiger charge is 2.53. The van der Waals surface area contributed by atoms with Crippen LogP contribution in [0.15, 0.2) is 0 Å². The Labute approximate surface area is 179 Å². The first-order valence-electron chi connectivity index (χ1n) is 10.1. The highest BCUT2D eigenvalue weighted by atomic mass is 16.7. The molecule has 2 rings (SSSR count). The molecule has 31 heavy (non-hydrogen) atoms. The van der Waals surface area contributed by atoms with Gasteiger partial charge in [-0.15, -0.1) is 0 Å². The molecule has 0 radical (unpaired) electrons. The fourth-order valence-electron chi connectivity index (χ4n) is 3.69. The minimum absolute atomic E-state index is 0.224. The molecule has 1 heterocycles. The van der Waals surface area contributed by atoms with Gasteiger partial charge in [0.25, 0.3) is 0 Å². The molecule has 2 aliphatic rings. The van der Waals surface area contributed by atoms with Crippen molar-refractivity contribution in [3.63, 3.8) is 0 Å². The van der Waals surface area contributed by atoms with E-state index in [9.17, 15) is 24.0 Å². The van der Waals surface area contributed by atoms with Crippen LogP contribution in [0, 0.1) is 5.92 Å². The lowest BCUT2D eigenvalue weighted by Gasteiger charge is -2.43. The van der Waals surface area contributed by atoms with Crippen LogP contribution in [0.3, 0.4) is 0 Å². The molecular weight excluding hydrogens is 416 g/mol. The molecule has 1 saturated heterocycles. The van der Waals surface area contributed by atoms with Crippen molar-refractivity contribution in [3.05, 3.63) is 0 Å². The maximum Gasteiger partial charge on any atom is 0.309 e. The first-order chi connectivity index (χ1) is 14.6. The quantitative estimate of drug-likeness (QED) is 0.407. The van der Waals surface area contributed by atoms with E-state index in [1.165, 1.54) is 0 Å². The molecular formula is C20H28O11. The molecule has 0 aromatic carbocycles. The molecule has 0 bridgehead atoms. The van der Waals surface area contributed by atoms with Gasteiger partial charge in [0, 0.05) is 27.7 Å². The van der Waals surface area contributed by atoms with Crippen LogP contribution in [0.2, 0.25) is 0 Å². The number of esters is 5. The van der Waals surface area contributed by atoms with Gasteiger partial charge in [-0.1, -0.05) is 12.8 Å². The predicted octanol–water partition coefficient (Wildman–Crippen LogP) is 0.803. The Balaban J connectivity index is 2.29. The Bertz CT molecular complexity index is 697. The standard InChI is InChI=1S/C20H28O11/c1-10(21)27-16-15(9-26-19(25)14-7-5-6-8-14)31-20(30-13(4)24)18(29-12(3)23)17(16)28-11(2)22/h14-18,20H,5-9H2,1-4H3/t15?,16-,17+,18?,20+/m1/s1. The molecule has 174 valence electrons. The van der Waals surface area contributed by atoms with Gasteiger partial charge in [-0.2, -0.15) is 0 Å². The Kier molecular flexibility index (Phi) is 8.78. The van der Waals surface area contributed by atoms with Crippen LogP contribution in [0.4, 0.5) is 0 Å². The molecule has 0 spiro atoms. The molecule has 1 aliphatic carbocycles. The Hall–Kier alpha value is -2.69. The van der Waals surface area contributed by atoms with Crippen molar-refractivity contribution in [1.29, 1.82) is 0 Å². The summed E-state index contributed by atoms with van der Waals surface area (Å²) in [6, 6.07) is 0. The highest BCUT2D eigenvalue weighted by molar-refractivity contribution is 5.72. The van der Waals surface area contributed by atoms with E-state index in [1.54, 1.807) is 0 Å². The summed E-state index contributed by atoms with van der Waals surface area (Å²) in [6.45, 7) is 4.11. The second-order valence-corrected chi connectivity index (χ2v) is 7.49. The van der Waals surface area contributed by atoms with E-state index in [2.05, 4.69) is 0 Å². The summed E-state index contributed by atoms with van der Waals surface area (Å²) >= 11 is 0. The first-order valence-corrected chi connectivity index (χ1v) is 10.1. The van der Waals surface area contributed by atoms with Gasteiger partial charge in [0.2, 0.25) is 12.4 Å². The van der Waals surface area contributed by atoms with Crippen molar-refractivity contribution < 1.29 is 52.4 Å². The molecule has 2 unspecified atom stereocenters. The van der Waals surface area contributed by atoms with Crippen molar-refractivity contribution in [2.24, 2.45) is 5.92 Å². The fraction of sp³-hybridized carbons (Fsp3) is 0.750. The predicted molar refractivity (Wildman–Crippen MR) is 100 cm³/mol. The number of hydrogen-bond acceptors (Lipinski definition) is 11. The topological polar surface area (TPSA) is 141 Å². The van der Waals surface area contributed by atoms with Crippen LogP contribution < -0.4 is 0 Å². The Morgan fingerprint density at radius 3 is 1.71 bits per heavy atom. The second-order valence-electron chi connectivity index (χ2n) is 7.49. The average Bonchev–Trinajstić information content (AvgIpc) is 3.18. The van der Waals surface area contributed by atoms with E-state index in [0.717, 1.165) is 53.4 Å². The van der Waals surface area contributed by atoms with Gasteiger partial charge in [0.05, 0.1) is 5.92 Å². The molecule has 0 amide bonds. The summed E-state index contributed by atoms with van der Waals surface area (Å²) in [7, 11) is 0. The number of carbonyl (C=O) groups is 5. The summed E-state index contributed by atoms with van der Waals surface area (Å²) < 4.78 is 31.8. The maximum absolute atomic E-state index is 12.3. The third kappa shape index (κ3) is 7.20. The number of ether oxygens (including phenoxy) is 6. The SMILES string of the molecule is CC(=O)OC1[C@@H](OC(C)=O)OC(COC(=O)C2CCCC2)[C@@H](OC(C)=O)[C@@H]1OC(C)=O. The van der Waals surface area contributed by atoms with Crippen LogP contribution >= 0.6 is 0 Å². The van der Waals surface area contributed by atoms with Crippen LogP contribution in [-0.4, -0.2) is 67.2 Å². The molecule has 11 heteroatoms. The van der Waals surface area contributed by atoms with E-state index >= 15 is 0 Å². The zero-order valence-electron chi connectivity index (χ0n) is 18.0. The van der Waals surface area contributed by atoms with E-state index in [-0.39, 0.29) is 12.5 Å². The molecule has 2 fully saturated rings. The highest BCUT2D eigenvalue weighted by Crippen LogP contribution is 2.31. The van der Waals surface area contributed by atoms with Crippen LogP contribution in [0.1, 0.15) is 53.4 Å². The zero-order valence-corrected chi connectivity index (χ0v) is 18.0. The molecule has 1 aliphatic heterocycles. The second kappa shape index (κ2) is 11.1. The van der Waals surface area contributed by atoms with Gasteiger partial charge in [-0.25, -0.2) is 0 Å². The van der Waals surface area contributed by atoms with E-state index in [4.69, 9.17) is 28.4 Å². The van der Waals surface area contributed by atoms with Crippen molar-refractivity contribution in [2.45, 2.75) is 84.1 Å². The van der Waals surface area contributed by atoms with Gasteiger partial charge < -0.3 is 28.4 Å². The van der Waals surface area contributed by atoms with E-state index in [0.29, 0.717) is 0 Å². The van der Waals surface area contributed by atoms with Crippen LogP contribution in [0.5, 0.6) is 0 Å². The summed E-state index contributed by atoms with van der Waals surface area (Å²) in [5.74, 6) is -3.65. The molecule has 0 N–H and O–H groups in total. The van der Waals surface area contributed by atoms with E-state index in [1.807, 2.05) is 0 Å². The molecule has 0 aromatic heterocycles. The van der Waals surface area contributed by atoms with Gasteiger partial charge in [-0.05, 0) is 12.8 Å². The minimum Gasteiger partial charge on any atom is -0.463 e. The van der Waals surface area contributed by atoms with Crippen molar-refractivity contribution in [3.8, 4) is 0 Å². The van der Waals surface area contributed by atoms with Crippen LogP contribution in [0.25, 0.3) is 0 Å². The molecule has 0 aromatic rings. The maximum atomic E-state index is 12.3. The van der Waals surface area contributed by atoms with Crippen molar-refractivity contribution in [1.82, 2.24) is 0 Å². The number of rotatable bonds is 7. The molecule has 11 nitrogen and oxygen atoms in total. The zero-order chi connectivity index (χ0) is 23.1. The third-order valence-corrected chi connectivity index (χ3v) is 4.86. The molecule has 1 saturated carbocycles. The monoisotopic (exact) mass is 444 g/mol. The first kappa shape index (κ1) is 24.6. The summed E-state index contributed by atoms with van der Waals surface area (Å²) in [5, 5.41) is 0. The Morgan fingerprint density at radius 2 is 1.19 bits per heavy atom. The summed E-state index contributed by atoms with van der Waals surface area (Å²) in [5.41, 5.74) is 0. The van der Waals surface area contributed by atoms with Gasteiger partial charge in [0.15, 0.2) is 12.2 Å². The summed E-state index contributed by atoms with van der Waals surface area (Å²) in [6.07, 6.45) is -3.37. The lowest BCUT2D eigenvalue weighted by atomic mass is 9.98. The smallest absolute Gasteiger partial charge is 0.309 e. The van der Waals surface area contributed by atoms with Gasteiger partial charge >= 0.3 is 29.8 Å². The lowest BCUT2D eigenvalue weighted by Crippen LogP contribution is -2.63. The van der Waals surface area contributed by atoms with Gasteiger partial charge in [-0.3, -0.25) is 24.0 Å². The average molecular weight is 444 g/mol. The Morgan fingerprint density at radius 1 is 0.710 bits per heavy atom. The number of carbonyl (C=O) groups excluding carboxylic acids is 5. The largest absolute Gasteiger partial charge is 0.463 e. The normalized spacial score (nSPS) is 28.3. The summed E-state index contributed by atoms with van der Waals surface area (Å²) in [4.78, 5) is 58.9. The van der Waals surface area contributed by atoms with Crippen molar-refractivity contribution in [2.75, 3.05) is 6.61 Å². The van der Waals surface area contributed by atoms with Crippen molar-refractivity contribution >= 4 is 29.8 Å². The lowest BCUT2D eigenvalue weighted by molar-refractivity contribution is -0.300. The molecule has 5 atom stereocenters.